The first-order valence-corrected chi connectivity index (χ1v) is 6.30. The number of benzene rings is 2. The normalized spacial score (nSPS) is 10.9. The Morgan fingerprint density at radius 2 is 1.71 bits per heavy atom. The predicted octanol–water partition coefficient (Wildman–Crippen LogP) is 1.65. The van der Waals surface area contributed by atoms with Crippen LogP contribution in [-0.2, 0) is 16.5 Å². The van der Waals surface area contributed by atoms with E-state index in [9.17, 15) is 13.2 Å². The van der Waals surface area contributed by atoms with Crippen LogP contribution in [0.15, 0.2) is 36.4 Å². The molecule has 0 aliphatic carbocycles. The van der Waals surface area contributed by atoms with E-state index in [4.69, 9.17) is 5.11 Å². The Labute approximate surface area is 99.5 Å². The number of carboxylic acid groups (broad SMARTS) is 1. The van der Waals surface area contributed by atoms with Gasteiger partial charge in [0.1, 0.15) is 10.7 Å². The molecule has 0 fully saturated rings. The number of hydrogen-bond donors (Lipinski definition) is 2. The van der Waals surface area contributed by atoms with Crippen molar-refractivity contribution in [3.8, 4) is 0 Å². The van der Waals surface area contributed by atoms with Gasteiger partial charge in [-0.2, -0.15) is 0 Å². The lowest BCUT2D eigenvalue weighted by Crippen LogP contribution is -1.95. The van der Waals surface area contributed by atoms with E-state index in [-0.39, 0.29) is 11.3 Å². The fraction of sp³-hybridized carbons (Fsp3) is 0.0833. The smallest absolute Gasteiger partial charge is 0.335 e. The van der Waals surface area contributed by atoms with Crippen molar-refractivity contribution in [3.63, 3.8) is 0 Å². The maximum Gasteiger partial charge on any atom is 0.335 e. The maximum atomic E-state index is 10.8. The minimum absolute atomic E-state index is 0.00591. The van der Waals surface area contributed by atoms with Gasteiger partial charge in [-0.3, -0.25) is 0 Å². The molecule has 0 saturated heterocycles. The van der Waals surface area contributed by atoms with Crippen molar-refractivity contribution < 1.29 is 18.3 Å². The third kappa shape index (κ3) is 2.62. The van der Waals surface area contributed by atoms with Crippen LogP contribution in [0.3, 0.4) is 0 Å². The topological polar surface area (TPSA) is 71.4 Å². The largest absolute Gasteiger partial charge is 0.478 e. The molecule has 0 spiro atoms. The Morgan fingerprint density at radius 1 is 1.06 bits per heavy atom. The number of fused-ring (bicyclic) bond motifs is 1. The number of hydrogen-bond acceptors (Lipinski definition) is 3. The Bertz CT molecular complexity index is 651. The first-order valence-electron chi connectivity index (χ1n) is 4.94. The lowest BCUT2D eigenvalue weighted by Gasteiger charge is -2.02. The van der Waals surface area contributed by atoms with Gasteiger partial charge in [-0.1, -0.05) is 24.3 Å². The molecule has 2 aromatic rings. The summed E-state index contributed by atoms with van der Waals surface area (Å²) in [6.45, 7) is 0. The van der Waals surface area contributed by atoms with Gasteiger partial charge in [-0.25, -0.2) is 13.2 Å². The summed E-state index contributed by atoms with van der Waals surface area (Å²) in [5.74, 6) is -0.968. The van der Waals surface area contributed by atoms with E-state index in [1.165, 1.54) is 6.07 Å². The molecule has 0 aliphatic heterocycles. The average Bonchev–Trinajstić information content (AvgIpc) is 2.27. The van der Waals surface area contributed by atoms with Crippen molar-refractivity contribution in [3.05, 3.63) is 47.5 Å². The Kier molecular flexibility index (Phi) is 3.10. The van der Waals surface area contributed by atoms with Crippen LogP contribution in [0.4, 0.5) is 0 Å². The second-order valence-corrected chi connectivity index (χ2v) is 4.67. The molecule has 0 amide bonds. The molecule has 0 atom stereocenters. The van der Waals surface area contributed by atoms with Crippen LogP contribution in [0.1, 0.15) is 15.9 Å². The maximum absolute atomic E-state index is 10.8. The molecule has 0 heterocycles. The Balaban J connectivity index is 2.50. The van der Waals surface area contributed by atoms with Gasteiger partial charge in [0.15, 0.2) is 0 Å². The SMILES string of the molecule is O=C(O)c1ccc2cc(C[SH](=O)=O)ccc2c1. The molecule has 4 nitrogen and oxygen atoms in total. The van der Waals surface area contributed by atoms with E-state index in [0.29, 0.717) is 5.56 Å². The summed E-state index contributed by atoms with van der Waals surface area (Å²) in [7, 11) is -2.44. The lowest BCUT2D eigenvalue weighted by atomic mass is 10.0. The highest BCUT2D eigenvalue weighted by molar-refractivity contribution is 7.71. The summed E-state index contributed by atoms with van der Waals surface area (Å²) in [6.07, 6.45) is 0. The fourth-order valence-corrected chi connectivity index (χ4v) is 2.17. The molecule has 0 aromatic heterocycles. The van der Waals surface area contributed by atoms with E-state index in [0.717, 1.165) is 10.8 Å². The van der Waals surface area contributed by atoms with Crippen LogP contribution in [0, 0.1) is 0 Å². The standard InChI is InChI=1S/C12H10O4S/c13-12(14)11-4-3-9-5-8(7-17(15)16)1-2-10(9)6-11/h1-6,17H,7H2,(H,13,14). The summed E-state index contributed by atoms with van der Waals surface area (Å²) in [4.78, 5) is 10.8. The molecule has 0 saturated carbocycles. The second kappa shape index (κ2) is 4.55. The zero-order valence-corrected chi connectivity index (χ0v) is 9.68. The van der Waals surface area contributed by atoms with Gasteiger partial charge in [0.05, 0.1) is 11.3 Å². The fourth-order valence-electron chi connectivity index (χ4n) is 1.68. The molecular weight excluding hydrogens is 240 g/mol. The zero-order valence-electron chi connectivity index (χ0n) is 8.79. The van der Waals surface area contributed by atoms with Gasteiger partial charge < -0.3 is 5.11 Å². The molecule has 0 unspecified atom stereocenters. The quantitative estimate of drug-likeness (QED) is 0.812. The number of carbonyl (C=O) groups is 1. The minimum Gasteiger partial charge on any atom is -0.478 e. The Morgan fingerprint density at radius 3 is 2.35 bits per heavy atom. The number of aromatic carboxylic acids is 1. The molecule has 88 valence electrons. The van der Waals surface area contributed by atoms with Crippen LogP contribution in [0.2, 0.25) is 0 Å². The zero-order chi connectivity index (χ0) is 12.4. The van der Waals surface area contributed by atoms with Gasteiger partial charge in [0.2, 0.25) is 0 Å². The van der Waals surface area contributed by atoms with Crippen molar-refractivity contribution in [1.29, 1.82) is 0 Å². The van der Waals surface area contributed by atoms with Gasteiger partial charge in [-0.05, 0) is 28.5 Å². The molecule has 0 bridgehead atoms. The number of carboxylic acids is 1. The summed E-state index contributed by atoms with van der Waals surface area (Å²) < 4.78 is 21.2. The summed E-state index contributed by atoms with van der Waals surface area (Å²) >= 11 is 0. The third-order valence-electron chi connectivity index (χ3n) is 2.46. The summed E-state index contributed by atoms with van der Waals surface area (Å²) in [6, 6.07) is 9.94. The van der Waals surface area contributed by atoms with E-state index in [1.807, 2.05) is 0 Å². The third-order valence-corrected chi connectivity index (χ3v) is 3.09. The van der Waals surface area contributed by atoms with Crippen LogP contribution < -0.4 is 0 Å². The van der Waals surface area contributed by atoms with Crippen molar-refractivity contribution >= 4 is 27.4 Å². The van der Waals surface area contributed by atoms with Crippen LogP contribution in [0.25, 0.3) is 10.8 Å². The lowest BCUT2D eigenvalue weighted by molar-refractivity contribution is 0.0697. The first-order chi connectivity index (χ1) is 8.06. The van der Waals surface area contributed by atoms with Gasteiger partial charge in [0, 0.05) is 0 Å². The highest BCUT2D eigenvalue weighted by atomic mass is 32.2. The second-order valence-electron chi connectivity index (χ2n) is 3.69. The van der Waals surface area contributed by atoms with Crippen LogP contribution in [-0.4, -0.2) is 19.5 Å². The molecule has 0 radical (unpaired) electrons. The van der Waals surface area contributed by atoms with E-state index >= 15 is 0 Å². The molecule has 17 heavy (non-hydrogen) atoms. The van der Waals surface area contributed by atoms with Gasteiger partial charge in [0.25, 0.3) is 0 Å². The highest BCUT2D eigenvalue weighted by Gasteiger charge is 2.04. The van der Waals surface area contributed by atoms with E-state index in [1.54, 1.807) is 30.3 Å². The number of thiol groups is 1. The minimum atomic E-state index is -2.44. The van der Waals surface area contributed by atoms with Gasteiger partial charge in [-0.15, -0.1) is 0 Å². The number of rotatable bonds is 3. The molecule has 1 N–H and O–H groups in total. The molecule has 0 aliphatic rings. The molecule has 5 heteroatoms. The Hall–Kier alpha value is -1.88. The van der Waals surface area contributed by atoms with Crippen molar-refractivity contribution in [1.82, 2.24) is 0 Å². The predicted molar refractivity (Wildman–Crippen MR) is 64.9 cm³/mol. The first kappa shape index (κ1) is 11.6. The average molecular weight is 250 g/mol. The highest BCUT2D eigenvalue weighted by Crippen LogP contribution is 2.18. The molecular formula is C12H10O4S. The van der Waals surface area contributed by atoms with Gasteiger partial charge >= 0.3 is 5.97 Å². The van der Waals surface area contributed by atoms with E-state index < -0.39 is 16.7 Å². The summed E-state index contributed by atoms with van der Waals surface area (Å²) in [5.41, 5.74) is 0.928. The van der Waals surface area contributed by atoms with Crippen LogP contribution >= 0.6 is 0 Å². The van der Waals surface area contributed by atoms with Crippen molar-refractivity contribution in [2.45, 2.75) is 5.75 Å². The summed E-state index contributed by atoms with van der Waals surface area (Å²) in [5, 5.41) is 10.5. The van der Waals surface area contributed by atoms with Crippen LogP contribution in [0.5, 0.6) is 0 Å². The molecule has 2 rings (SSSR count). The van der Waals surface area contributed by atoms with E-state index in [2.05, 4.69) is 0 Å². The van der Waals surface area contributed by atoms with Crippen molar-refractivity contribution in [2.24, 2.45) is 0 Å². The monoisotopic (exact) mass is 250 g/mol. The van der Waals surface area contributed by atoms with Crippen molar-refractivity contribution in [2.75, 3.05) is 0 Å². The molecule has 2 aromatic carbocycles.